The van der Waals surface area contributed by atoms with Crippen LogP contribution in [0.5, 0.6) is 11.6 Å². The highest BCUT2D eigenvalue weighted by Crippen LogP contribution is 2.18. The Morgan fingerprint density at radius 1 is 1.00 bits per heavy atom. The Kier molecular flexibility index (Phi) is 7.05. The quantitative estimate of drug-likeness (QED) is 0.543. The molecule has 3 rings (SSSR count). The molecule has 2 heterocycles. The molecule has 9 heteroatoms. The molecule has 0 unspecified atom stereocenters. The fourth-order valence-electron chi connectivity index (χ4n) is 2.44. The van der Waals surface area contributed by atoms with E-state index in [2.05, 4.69) is 20.0 Å². The summed E-state index contributed by atoms with van der Waals surface area (Å²) in [7, 11) is 0. The molecular weight excluding hydrogens is 403 g/mol. The van der Waals surface area contributed by atoms with Gasteiger partial charge in [-0.25, -0.2) is 9.97 Å². The second-order valence-electron chi connectivity index (χ2n) is 6.30. The summed E-state index contributed by atoms with van der Waals surface area (Å²) in [5, 5.41) is 6.26. The molecule has 3 aromatic rings. The number of aromatic nitrogens is 2. The van der Waals surface area contributed by atoms with Crippen molar-refractivity contribution in [1.29, 1.82) is 0 Å². The topological polar surface area (TPSA) is 56.3 Å². The van der Waals surface area contributed by atoms with E-state index < -0.39 is 12.8 Å². The second kappa shape index (κ2) is 9.71. The summed E-state index contributed by atoms with van der Waals surface area (Å²) in [6, 6.07) is 10.9. The first-order valence-electron chi connectivity index (χ1n) is 8.85. The average molecular weight is 423 g/mol. The summed E-state index contributed by atoms with van der Waals surface area (Å²) in [5.74, 6) is 0.729. The Labute approximate surface area is 170 Å². The minimum Gasteiger partial charge on any atom is -0.487 e. The number of nitrogens with zero attached hydrogens (tertiary/aromatic N) is 2. The number of hydrogen-bond acceptors (Lipinski definition) is 6. The van der Waals surface area contributed by atoms with Crippen LogP contribution in [0.1, 0.15) is 21.8 Å². The number of aryl methyl sites for hydroxylation is 1. The van der Waals surface area contributed by atoms with Crippen LogP contribution in [0.4, 0.5) is 13.2 Å². The fraction of sp³-hybridized carbons (Fsp3) is 0.300. The number of benzene rings is 1. The summed E-state index contributed by atoms with van der Waals surface area (Å²) in [6.07, 6.45) is -2.88. The zero-order valence-corrected chi connectivity index (χ0v) is 16.5. The maximum Gasteiger partial charge on any atom is 0.422 e. The van der Waals surface area contributed by atoms with Crippen LogP contribution in [0.15, 0.2) is 48.0 Å². The van der Waals surface area contributed by atoms with Crippen LogP contribution >= 0.6 is 11.3 Å². The van der Waals surface area contributed by atoms with E-state index in [0.717, 1.165) is 27.6 Å². The van der Waals surface area contributed by atoms with Gasteiger partial charge in [0.2, 0.25) is 5.88 Å². The zero-order chi connectivity index (χ0) is 20.7. The number of hydrogen-bond donors (Lipinski definition) is 1. The summed E-state index contributed by atoms with van der Waals surface area (Å²) < 4.78 is 46.7. The van der Waals surface area contributed by atoms with Crippen LogP contribution in [0.3, 0.4) is 0 Å². The van der Waals surface area contributed by atoms with E-state index in [9.17, 15) is 13.2 Å². The van der Waals surface area contributed by atoms with E-state index in [4.69, 9.17) is 4.74 Å². The summed E-state index contributed by atoms with van der Waals surface area (Å²) in [5.41, 5.74) is 2.85. The summed E-state index contributed by atoms with van der Waals surface area (Å²) in [4.78, 5) is 8.24. The predicted octanol–water partition coefficient (Wildman–Crippen LogP) is 4.66. The number of alkyl halides is 3. The lowest BCUT2D eigenvalue weighted by molar-refractivity contribution is -0.154. The standard InChI is InChI=1S/C20H20F3N3O2S/c1-14-26-17(12-29-14)11-27-18-5-2-15(3-6-18)8-24-9-16-4-7-19(25-10-16)28-13-20(21,22)23/h2-7,10,12,24H,8-9,11,13H2,1H3. The molecule has 0 aliphatic heterocycles. The number of halogens is 3. The molecule has 5 nitrogen and oxygen atoms in total. The van der Waals surface area contributed by atoms with Gasteiger partial charge >= 0.3 is 6.18 Å². The molecule has 0 amide bonds. The van der Waals surface area contributed by atoms with Crippen LogP contribution < -0.4 is 14.8 Å². The van der Waals surface area contributed by atoms with Gasteiger partial charge in [-0.2, -0.15) is 13.2 Å². The second-order valence-corrected chi connectivity index (χ2v) is 7.36. The molecule has 29 heavy (non-hydrogen) atoms. The lowest BCUT2D eigenvalue weighted by atomic mass is 10.2. The van der Waals surface area contributed by atoms with Gasteiger partial charge in [0.1, 0.15) is 12.4 Å². The molecule has 1 N–H and O–H groups in total. The molecule has 1 aromatic carbocycles. The molecule has 0 fully saturated rings. The van der Waals surface area contributed by atoms with Crippen LogP contribution in [0.25, 0.3) is 0 Å². The lowest BCUT2D eigenvalue weighted by Gasteiger charge is -2.09. The van der Waals surface area contributed by atoms with Gasteiger partial charge in [0.25, 0.3) is 0 Å². The van der Waals surface area contributed by atoms with Crippen molar-refractivity contribution in [2.45, 2.75) is 32.8 Å². The average Bonchev–Trinajstić information content (AvgIpc) is 3.11. The molecule has 2 aromatic heterocycles. The first kappa shape index (κ1) is 21.1. The van der Waals surface area contributed by atoms with E-state index in [1.807, 2.05) is 36.6 Å². The van der Waals surface area contributed by atoms with Gasteiger partial charge in [0.05, 0.1) is 10.7 Å². The van der Waals surface area contributed by atoms with Crippen molar-refractivity contribution in [3.8, 4) is 11.6 Å². The van der Waals surface area contributed by atoms with Crippen molar-refractivity contribution in [2.24, 2.45) is 0 Å². The molecule has 0 saturated heterocycles. The molecule has 154 valence electrons. The smallest absolute Gasteiger partial charge is 0.422 e. The molecule has 0 radical (unpaired) electrons. The van der Waals surface area contributed by atoms with Gasteiger partial charge in [0.15, 0.2) is 6.61 Å². The Bertz CT molecular complexity index is 897. The molecule has 0 saturated carbocycles. The van der Waals surface area contributed by atoms with Crippen LogP contribution in [-0.2, 0) is 19.7 Å². The third-order valence-corrected chi connectivity index (χ3v) is 4.64. The lowest BCUT2D eigenvalue weighted by Crippen LogP contribution is -2.19. The predicted molar refractivity (Wildman–Crippen MR) is 104 cm³/mol. The van der Waals surface area contributed by atoms with Crippen molar-refractivity contribution in [3.63, 3.8) is 0 Å². The first-order valence-corrected chi connectivity index (χ1v) is 9.73. The normalized spacial score (nSPS) is 11.4. The SMILES string of the molecule is Cc1nc(COc2ccc(CNCc3ccc(OCC(F)(F)F)nc3)cc2)cs1. The summed E-state index contributed by atoms with van der Waals surface area (Å²) in [6.45, 7) is 2.23. The van der Waals surface area contributed by atoms with Crippen molar-refractivity contribution >= 4 is 11.3 Å². The minimum atomic E-state index is -4.37. The van der Waals surface area contributed by atoms with Crippen LogP contribution in [0, 0.1) is 6.92 Å². The largest absolute Gasteiger partial charge is 0.487 e. The molecule has 0 aliphatic rings. The van der Waals surface area contributed by atoms with Gasteiger partial charge in [-0.3, -0.25) is 0 Å². The van der Waals surface area contributed by atoms with Crippen molar-refractivity contribution in [2.75, 3.05) is 6.61 Å². The van der Waals surface area contributed by atoms with E-state index in [1.54, 1.807) is 17.4 Å². The molecule has 0 atom stereocenters. The first-order chi connectivity index (χ1) is 13.9. The van der Waals surface area contributed by atoms with Gasteiger partial charge in [-0.05, 0) is 30.2 Å². The van der Waals surface area contributed by atoms with E-state index in [1.165, 1.54) is 12.3 Å². The molecule has 0 aliphatic carbocycles. The minimum absolute atomic E-state index is 0.0468. The Morgan fingerprint density at radius 3 is 2.34 bits per heavy atom. The fourth-order valence-corrected chi connectivity index (χ4v) is 3.04. The maximum atomic E-state index is 12.1. The Hall–Kier alpha value is -2.65. The highest BCUT2D eigenvalue weighted by Gasteiger charge is 2.28. The number of pyridine rings is 1. The molecular formula is C20H20F3N3O2S. The molecule has 0 bridgehead atoms. The number of ether oxygens (including phenoxy) is 2. The summed E-state index contributed by atoms with van der Waals surface area (Å²) >= 11 is 1.60. The van der Waals surface area contributed by atoms with Crippen molar-refractivity contribution in [3.05, 3.63) is 69.8 Å². The third kappa shape index (κ3) is 7.35. The maximum absolute atomic E-state index is 12.1. The van der Waals surface area contributed by atoms with Crippen LogP contribution in [0.2, 0.25) is 0 Å². The molecule has 0 spiro atoms. The van der Waals surface area contributed by atoms with Gasteiger partial charge in [-0.15, -0.1) is 11.3 Å². The highest BCUT2D eigenvalue weighted by molar-refractivity contribution is 7.09. The van der Waals surface area contributed by atoms with Gasteiger partial charge < -0.3 is 14.8 Å². The number of thiazole rings is 1. The van der Waals surface area contributed by atoms with Gasteiger partial charge in [0, 0.05) is 30.7 Å². The van der Waals surface area contributed by atoms with E-state index in [-0.39, 0.29) is 5.88 Å². The van der Waals surface area contributed by atoms with Crippen molar-refractivity contribution in [1.82, 2.24) is 15.3 Å². The Balaban J connectivity index is 1.39. The number of nitrogens with one attached hydrogen (secondary N) is 1. The highest BCUT2D eigenvalue weighted by atomic mass is 32.1. The van der Waals surface area contributed by atoms with E-state index >= 15 is 0 Å². The van der Waals surface area contributed by atoms with Gasteiger partial charge in [-0.1, -0.05) is 18.2 Å². The monoisotopic (exact) mass is 423 g/mol. The van der Waals surface area contributed by atoms with Crippen LogP contribution in [-0.4, -0.2) is 22.8 Å². The third-order valence-electron chi connectivity index (χ3n) is 3.82. The van der Waals surface area contributed by atoms with E-state index in [0.29, 0.717) is 19.7 Å². The van der Waals surface area contributed by atoms with Crippen molar-refractivity contribution < 1.29 is 22.6 Å². The Morgan fingerprint density at radius 2 is 1.72 bits per heavy atom. The number of rotatable bonds is 9. The zero-order valence-electron chi connectivity index (χ0n) is 15.7.